The van der Waals surface area contributed by atoms with Crippen LogP contribution in [0.3, 0.4) is 0 Å². The first-order valence-corrected chi connectivity index (χ1v) is 8.45. The minimum Gasteiger partial charge on any atom is -0.316 e. The fraction of sp³-hybridized carbons (Fsp3) is 0.750. The third kappa shape index (κ3) is 4.30. The van der Waals surface area contributed by atoms with Crippen LogP contribution in [0.1, 0.15) is 38.5 Å². The summed E-state index contributed by atoms with van der Waals surface area (Å²) in [6, 6.07) is 4.41. The van der Waals surface area contributed by atoms with Gasteiger partial charge in [-0.05, 0) is 55.3 Å². The number of thiophene rings is 1. The van der Waals surface area contributed by atoms with E-state index in [1.165, 1.54) is 37.4 Å². The highest BCUT2D eigenvalue weighted by Gasteiger charge is 2.32. The van der Waals surface area contributed by atoms with Crippen molar-refractivity contribution in [1.29, 1.82) is 0 Å². The van der Waals surface area contributed by atoms with E-state index in [1.54, 1.807) is 0 Å². The maximum atomic E-state index is 3.56. The molecule has 0 saturated carbocycles. The predicted octanol–water partition coefficient (Wildman–Crippen LogP) is 3.60. The van der Waals surface area contributed by atoms with Crippen LogP contribution in [0.2, 0.25) is 0 Å². The summed E-state index contributed by atoms with van der Waals surface area (Å²) in [5, 5.41) is 5.74. The lowest BCUT2D eigenvalue weighted by molar-refractivity contribution is 0.0998. The van der Waals surface area contributed by atoms with Gasteiger partial charge in [-0.15, -0.1) is 11.3 Å². The van der Waals surface area contributed by atoms with Crippen LogP contribution in [0.15, 0.2) is 17.5 Å². The number of rotatable bonds is 6. The molecule has 19 heavy (non-hydrogen) atoms. The van der Waals surface area contributed by atoms with E-state index in [0.29, 0.717) is 5.41 Å². The van der Waals surface area contributed by atoms with E-state index in [-0.39, 0.29) is 0 Å². The Morgan fingerprint density at radius 1 is 1.47 bits per heavy atom. The summed E-state index contributed by atoms with van der Waals surface area (Å²) >= 11 is 1.87. The molecule has 0 bridgehead atoms. The van der Waals surface area contributed by atoms with Gasteiger partial charge in [0.25, 0.3) is 0 Å². The smallest absolute Gasteiger partial charge is 0.0328 e. The summed E-state index contributed by atoms with van der Waals surface area (Å²) < 4.78 is 0. The molecule has 0 amide bonds. The highest BCUT2D eigenvalue weighted by molar-refractivity contribution is 7.09. The molecule has 1 aromatic rings. The van der Waals surface area contributed by atoms with Crippen molar-refractivity contribution in [2.24, 2.45) is 11.3 Å². The van der Waals surface area contributed by atoms with E-state index in [1.807, 2.05) is 11.3 Å². The molecule has 0 aromatic carbocycles. The molecule has 1 unspecified atom stereocenters. The fourth-order valence-corrected chi connectivity index (χ4v) is 3.87. The van der Waals surface area contributed by atoms with Crippen molar-refractivity contribution in [1.82, 2.24) is 10.2 Å². The van der Waals surface area contributed by atoms with E-state index < -0.39 is 0 Å². The zero-order valence-electron chi connectivity index (χ0n) is 12.6. The number of piperidine rings is 1. The molecule has 0 spiro atoms. The maximum absolute atomic E-state index is 3.56. The van der Waals surface area contributed by atoms with Gasteiger partial charge in [0.2, 0.25) is 0 Å². The van der Waals surface area contributed by atoms with Gasteiger partial charge in [0.1, 0.15) is 0 Å². The second kappa shape index (κ2) is 6.87. The van der Waals surface area contributed by atoms with Crippen molar-refractivity contribution in [2.45, 2.75) is 40.2 Å². The molecule has 1 fully saturated rings. The van der Waals surface area contributed by atoms with Crippen LogP contribution < -0.4 is 5.32 Å². The number of hydrogen-bond donors (Lipinski definition) is 1. The SMILES string of the molecule is CCN(Cc1cccs1)CC(C)(C)C1CCCNC1. The van der Waals surface area contributed by atoms with Crippen LogP contribution in [0.25, 0.3) is 0 Å². The molecule has 2 rings (SSSR count). The van der Waals surface area contributed by atoms with Crippen molar-refractivity contribution >= 4 is 11.3 Å². The van der Waals surface area contributed by atoms with Gasteiger partial charge in [0, 0.05) is 18.0 Å². The molecule has 2 heterocycles. The topological polar surface area (TPSA) is 15.3 Å². The van der Waals surface area contributed by atoms with Crippen LogP contribution in [-0.4, -0.2) is 31.1 Å². The van der Waals surface area contributed by atoms with E-state index in [4.69, 9.17) is 0 Å². The highest BCUT2D eigenvalue weighted by atomic mass is 32.1. The second-order valence-electron chi connectivity index (χ2n) is 6.41. The van der Waals surface area contributed by atoms with Crippen molar-refractivity contribution < 1.29 is 0 Å². The van der Waals surface area contributed by atoms with Gasteiger partial charge in [-0.3, -0.25) is 4.90 Å². The Kier molecular flexibility index (Phi) is 5.43. The van der Waals surface area contributed by atoms with E-state index in [2.05, 4.69) is 48.5 Å². The van der Waals surface area contributed by atoms with E-state index >= 15 is 0 Å². The molecule has 1 aliphatic heterocycles. The lowest BCUT2D eigenvalue weighted by Crippen LogP contribution is -2.44. The first-order chi connectivity index (χ1) is 9.12. The molecule has 108 valence electrons. The lowest BCUT2D eigenvalue weighted by atomic mass is 9.74. The fourth-order valence-electron chi connectivity index (χ4n) is 3.13. The second-order valence-corrected chi connectivity index (χ2v) is 7.45. The zero-order chi connectivity index (χ0) is 13.7. The molecular formula is C16H28N2S. The predicted molar refractivity (Wildman–Crippen MR) is 84.6 cm³/mol. The van der Waals surface area contributed by atoms with Gasteiger partial charge < -0.3 is 5.32 Å². The minimum absolute atomic E-state index is 0.403. The molecule has 0 aliphatic carbocycles. The van der Waals surface area contributed by atoms with Crippen molar-refractivity contribution in [3.63, 3.8) is 0 Å². The largest absolute Gasteiger partial charge is 0.316 e. The molecule has 1 aromatic heterocycles. The average Bonchev–Trinajstić information content (AvgIpc) is 2.91. The lowest BCUT2D eigenvalue weighted by Gasteiger charge is -2.40. The zero-order valence-corrected chi connectivity index (χ0v) is 13.4. The van der Waals surface area contributed by atoms with Gasteiger partial charge in [-0.2, -0.15) is 0 Å². The van der Waals surface area contributed by atoms with Crippen LogP contribution in [-0.2, 0) is 6.54 Å². The average molecular weight is 280 g/mol. The van der Waals surface area contributed by atoms with Gasteiger partial charge in [0.05, 0.1) is 0 Å². The van der Waals surface area contributed by atoms with Crippen molar-refractivity contribution in [2.75, 3.05) is 26.2 Å². The van der Waals surface area contributed by atoms with Crippen molar-refractivity contribution in [3.8, 4) is 0 Å². The van der Waals surface area contributed by atoms with Crippen LogP contribution in [0.5, 0.6) is 0 Å². The first-order valence-electron chi connectivity index (χ1n) is 7.57. The Morgan fingerprint density at radius 3 is 2.89 bits per heavy atom. The maximum Gasteiger partial charge on any atom is 0.0328 e. The van der Waals surface area contributed by atoms with Gasteiger partial charge >= 0.3 is 0 Å². The van der Waals surface area contributed by atoms with Gasteiger partial charge in [-0.1, -0.05) is 26.8 Å². The number of nitrogens with one attached hydrogen (secondary N) is 1. The molecule has 1 atom stereocenters. The minimum atomic E-state index is 0.403. The summed E-state index contributed by atoms with van der Waals surface area (Å²) in [7, 11) is 0. The molecule has 3 heteroatoms. The molecule has 1 N–H and O–H groups in total. The number of nitrogens with zero attached hydrogens (tertiary/aromatic N) is 1. The van der Waals surface area contributed by atoms with Crippen molar-refractivity contribution in [3.05, 3.63) is 22.4 Å². The Labute approximate surface area is 122 Å². The van der Waals surface area contributed by atoms with E-state index in [9.17, 15) is 0 Å². The van der Waals surface area contributed by atoms with Gasteiger partial charge in [0.15, 0.2) is 0 Å². The Hall–Kier alpha value is -0.380. The third-order valence-electron chi connectivity index (χ3n) is 4.44. The highest BCUT2D eigenvalue weighted by Crippen LogP contribution is 2.33. The van der Waals surface area contributed by atoms with Crippen LogP contribution >= 0.6 is 11.3 Å². The molecule has 1 aliphatic rings. The summed E-state index contributed by atoms with van der Waals surface area (Å²) in [5.41, 5.74) is 0.403. The molecule has 0 radical (unpaired) electrons. The number of hydrogen-bond acceptors (Lipinski definition) is 3. The summed E-state index contributed by atoms with van der Waals surface area (Å²) in [6.45, 7) is 13.0. The van der Waals surface area contributed by atoms with Gasteiger partial charge in [-0.25, -0.2) is 0 Å². The monoisotopic (exact) mass is 280 g/mol. The normalized spacial score (nSPS) is 20.9. The molecule has 1 saturated heterocycles. The third-order valence-corrected chi connectivity index (χ3v) is 5.30. The van der Waals surface area contributed by atoms with Crippen LogP contribution in [0, 0.1) is 11.3 Å². The summed E-state index contributed by atoms with van der Waals surface area (Å²) in [4.78, 5) is 4.08. The standard InChI is InChI=1S/C16H28N2S/c1-4-18(12-15-8-6-10-19-15)13-16(2,3)14-7-5-9-17-11-14/h6,8,10,14,17H,4-5,7,9,11-13H2,1-3H3. The Morgan fingerprint density at radius 2 is 2.32 bits per heavy atom. The molecule has 2 nitrogen and oxygen atoms in total. The quantitative estimate of drug-likeness (QED) is 0.856. The molecular weight excluding hydrogens is 252 g/mol. The Bertz CT molecular complexity index is 353. The van der Waals surface area contributed by atoms with E-state index in [0.717, 1.165) is 19.0 Å². The first kappa shape index (κ1) is 15.0. The van der Waals surface area contributed by atoms with Crippen LogP contribution in [0.4, 0.5) is 0 Å². The summed E-state index contributed by atoms with van der Waals surface area (Å²) in [6.07, 6.45) is 2.72. The summed E-state index contributed by atoms with van der Waals surface area (Å²) in [5.74, 6) is 0.818. The Balaban J connectivity index is 1.92.